The fourth-order valence-electron chi connectivity index (χ4n) is 2.12. The van der Waals surface area contributed by atoms with E-state index >= 15 is 0 Å². The number of halogens is 1. The van der Waals surface area contributed by atoms with Crippen LogP contribution in [0.25, 0.3) is 0 Å². The predicted molar refractivity (Wildman–Crippen MR) is 81.4 cm³/mol. The third-order valence-electron chi connectivity index (χ3n) is 3.15. The zero-order chi connectivity index (χ0) is 15.0. The molecule has 20 heavy (non-hydrogen) atoms. The Hall–Kier alpha value is -0.970. The lowest BCUT2D eigenvalue weighted by Gasteiger charge is -2.25. The van der Waals surface area contributed by atoms with Crippen LogP contribution < -0.4 is 5.32 Å². The Bertz CT molecular complexity index is 384. The molecule has 0 heterocycles. The minimum Gasteiger partial charge on any atom is -0.377 e. The molecule has 0 bridgehead atoms. The van der Waals surface area contributed by atoms with Crippen LogP contribution >= 0.6 is 0 Å². The molecule has 1 rings (SSSR count). The number of nitrogens with one attached hydrogen (secondary N) is 1. The topological polar surface area (TPSA) is 24.5 Å². The van der Waals surface area contributed by atoms with E-state index in [1.54, 1.807) is 6.07 Å². The van der Waals surface area contributed by atoms with Gasteiger partial charge in [-0.25, -0.2) is 4.39 Å². The Labute approximate surface area is 122 Å². The minimum atomic E-state index is -0.148. The van der Waals surface area contributed by atoms with Gasteiger partial charge in [0.05, 0.1) is 12.7 Å². The SMILES string of the molecule is CCNC(CN(C)CCOC(C)C)c1ccccc1F. The van der Waals surface area contributed by atoms with Crippen LogP contribution in [0, 0.1) is 5.82 Å². The fraction of sp³-hybridized carbons (Fsp3) is 0.625. The molecule has 0 saturated heterocycles. The number of benzene rings is 1. The van der Waals surface area contributed by atoms with Crippen molar-refractivity contribution in [3.05, 3.63) is 35.6 Å². The van der Waals surface area contributed by atoms with Crippen molar-refractivity contribution >= 4 is 0 Å². The van der Waals surface area contributed by atoms with E-state index in [-0.39, 0.29) is 18.0 Å². The van der Waals surface area contributed by atoms with Crippen LogP contribution in [0.3, 0.4) is 0 Å². The molecule has 3 nitrogen and oxygen atoms in total. The molecule has 0 saturated carbocycles. The van der Waals surface area contributed by atoms with Gasteiger partial charge in [0.15, 0.2) is 0 Å². The zero-order valence-corrected chi connectivity index (χ0v) is 13.0. The highest BCUT2D eigenvalue weighted by Crippen LogP contribution is 2.17. The fourth-order valence-corrected chi connectivity index (χ4v) is 2.12. The highest BCUT2D eigenvalue weighted by atomic mass is 19.1. The third kappa shape index (κ3) is 5.99. The first-order chi connectivity index (χ1) is 9.54. The lowest BCUT2D eigenvalue weighted by atomic mass is 10.1. The first-order valence-corrected chi connectivity index (χ1v) is 7.32. The van der Waals surface area contributed by atoms with Gasteiger partial charge >= 0.3 is 0 Å². The summed E-state index contributed by atoms with van der Waals surface area (Å²) in [4.78, 5) is 2.17. The highest BCUT2D eigenvalue weighted by molar-refractivity contribution is 5.21. The van der Waals surface area contributed by atoms with Crippen molar-refractivity contribution in [2.24, 2.45) is 0 Å². The summed E-state index contributed by atoms with van der Waals surface area (Å²) in [6.07, 6.45) is 0.250. The largest absolute Gasteiger partial charge is 0.377 e. The van der Waals surface area contributed by atoms with Crippen LogP contribution in [-0.2, 0) is 4.74 Å². The molecule has 0 aliphatic carbocycles. The van der Waals surface area contributed by atoms with E-state index < -0.39 is 0 Å². The lowest BCUT2D eigenvalue weighted by molar-refractivity contribution is 0.0622. The first-order valence-electron chi connectivity index (χ1n) is 7.32. The van der Waals surface area contributed by atoms with E-state index in [9.17, 15) is 4.39 Å². The van der Waals surface area contributed by atoms with Gasteiger partial charge in [-0.1, -0.05) is 25.1 Å². The maximum Gasteiger partial charge on any atom is 0.128 e. The van der Waals surface area contributed by atoms with E-state index in [0.717, 1.165) is 25.2 Å². The van der Waals surface area contributed by atoms with E-state index in [0.29, 0.717) is 6.61 Å². The van der Waals surface area contributed by atoms with E-state index in [4.69, 9.17) is 4.74 Å². The Kier molecular flexibility index (Phi) is 7.73. The average molecular weight is 282 g/mol. The molecule has 0 radical (unpaired) electrons. The molecule has 1 aromatic carbocycles. The molecule has 0 aliphatic rings. The summed E-state index contributed by atoms with van der Waals surface area (Å²) in [6.45, 7) is 9.21. The van der Waals surface area contributed by atoms with Crippen molar-refractivity contribution < 1.29 is 9.13 Å². The molecule has 114 valence electrons. The standard InChI is InChI=1S/C16H27FN2O/c1-5-18-16(14-8-6-7-9-15(14)17)12-19(4)10-11-20-13(2)3/h6-9,13,16,18H,5,10-12H2,1-4H3. The maximum absolute atomic E-state index is 13.9. The Balaban J connectivity index is 2.56. The van der Waals surface area contributed by atoms with Gasteiger partial charge < -0.3 is 15.0 Å². The van der Waals surface area contributed by atoms with Crippen LogP contribution in [-0.4, -0.2) is 44.3 Å². The summed E-state index contributed by atoms with van der Waals surface area (Å²) in [5.41, 5.74) is 0.728. The number of hydrogen-bond donors (Lipinski definition) is 1. The zero-order valence-electron chi connectivity index (χ0n) is 13.0. The molecule has 0 spiro atoms. The average Bonchev–Trinajstić information content (AvgIpc) is 2.38. The molecule has 1 aromatic rings. The van der Waals surface area contributed by atoms with Crippen molar-refractivity contribution in [2.45, 2.75) is 32.9 Å². The van der Waals surface area contributed by atoms with Crippen molar-refractivity contribution in [3.63, 3.8) is 0 Å². The molecule has 0 aliphatic heterocycles. The molecular weight excluding hydrogens is 255 g/mol. The molecule has 0 aromatic heterocycles. The van der Waals surface area contributed by atoms with Gasteiger partial charge in [-0.15, -0.1) is 0 Å². The predicted octanol–water partition coefficient (Wildman–Crippen LogP) is 2.83. The summed E-state index contributed by atoms with van der Waals surface area (Å²) in [5.74, 6) is -0.148. The summed E-state index contributed by atoms with van der Waals surface area (Å²) < 4.78 is 19.4. The summed E-state index contributed by atoms with van der Waals surface area (Å²) in [5, 5.41) is 3.35. The second-order valence-electron chi connectivity index (χ2n) is 5.31. The van der Waals surface area contributed by atoms with Gasteiger partial charge in [0.25, 0.3) is 0 Å². The number of ether oxygens (including phenoxy) is 1. The summed E-state index contributed by atoms with van der Waals surface area (Å²) >= 11 is 0. The molecule has 1 unspecified atom stereocenters. The van der Waals surface area contributed by atoms with Gasteiger partial charge in [-0.3, -0.25) is 0 Å². The van der Waals surface area contributed by atoms with Crippen molar-refractivity contribution in [2.75, 3.05) is 33.3 Å². The molecule has 0 amide bonds. The molecule has 0 fully saturated rings. The van der Waals surface area contributed by atoms with E-state index in [1.165, 1.54) is 6.07 Å². The summed E-state index contributed by atoms with van der Waals surface area (Å²) in [7, 11) is 2.04. The van der Waals surface area contributed by atoms with Gasteiger partial charge in [-0.2, -0.15) is 0 Å². The Morgan fingerprint density at radius 3 is 2.60 bits per heavy atom. The van der Waals surface area contributed by atoms with Crippen molar-refractivity contribution in [1.29, 1.82) is 0 Å². The lowest BCUT2D eigenvalue weighted by Crippen LogP contribution is -2.35. The quantitative estimate of drug-likeness (QED) is 0.754. The van der Waals surface area contributed by atoms with Crippen LogP contribution in [0.4, 0.5) is 4.39 Å². The number of hydrogen-bond acceptors (Lipinski definition) is 3. The van der Waals surface area contributed by atoms with Gasteiger partial charge in [0, 0.05) is 24.7 Å². The Morgan fingerprint density at radius 1 is 1.30 bits per heavy atom. The summed E-state index contributed by atoms with van der Waals surface area (Å²) in [6, 6.07) is 6.97. The van der Waals surface area contributed by atoms with Crippen LogP contribution in [0.1, 0.15) is 32.4 Å². The number of likely N-dealkylation sites (N-methyl/N-ethyl adjacent to an activating group) is 2. The highest BCUT2D eigenvalue weighted by Gasteiger charge is 2.16. The first kappa shape index (κ1) is 17.1. The van der Waals surface area contributed by atoms with Crippen LogP contribution in [0.15, 0.2) is 24.3 Å². The van der Waals surface area contributed by atoms with Crippen LogP contribution in [0.2, 0.25) is 0 Å². The van der Waals surface area contributed by atoms with Crippen molar-refractivity contribution in [3.8, 4) is 0 Å². The van der Waals surface area contributed by atoms with Gasteiger partial charge in [-0.05, 0) is 33.5 Å². The second kappa shape index (κ2) is 9.06. The third-order valence-corrected chi connectivity index (χ3v) is 3.15. The van der Waals surface area contributed by atoms with E-state index in [1.807, 2.05) is 40.0 Å². The smallest absolute Gasteiger partial charge is 0.128 e. The Morgan fingerprint density at radius 2 is 2.00 bits per heavy atom. The normalized spacial score (nSPS) is 13.2. The van der Waals surface area contributed by atoms with Crippen molar-refractivity contribution in [1.82, 2.24) is 10.2 Å². The minimum absolute atomic E-state index is 0.00486. The molecular formula is C16H27FN2O. The van der Waals surface area contributed by atoms with E-state index in [2.05, 4.69) is 10.2 Å². The molecule has 1 atom stereocenters. The molecule has 4 heteroatoms. The second-order valence-corrected chi connectivity index (χ2v) is 5.31. The maximum atomic E-state index is 13.9. The number of nitrogens with zero attached hydrogens (tertiary/aromatic N) is 1. The van der Waals surface area contributed by atoms with Crippen LogP contribution in [0.5, 0.6) is 0 Å². The number of rotatable bonds is 9. The van der Waals surface area contributed by atoms with Gasteiger partial charge in [0.2, 0.25) is 0 Å². The van der Waals surface area contributed by atoms with Gasteiger partial charge in [0.1, 0.15) is 5.82 Å². The monoisotopic (exact) mass is 282 g/mol. The molecule has 1 N–H and O–H groups in total.